The molecule has 3 heterocycles. The predicted octanol–water partition coefficient (Wildman–Crippen LogP) is 3.92. The van der Waals surface area contributed by atoms with Crippen LogP contribution in [0.2, 0.25) is 0 Å². The van der Waals surface area contributed by atoms with E-state index in [2.05, 4.69) is 25.3 Å². The van der Waals surface area contributed by atoms with Crippen molar-refractivity contribution in [2.24, 2.45) is 0 Å². The summed E-state index contributed by atoms with van der Waals surface area (Å²) in [7, 11) is 0. The van der Waals surface area contributed by atoms with E-state index >= 15 is 0 Å². The first kappa shape index (κ1) is 19.9. The van der Waals surface area contributed by atoms with Crippen LogP contribution in [0.5, 0.6) is 0 Å². The smallest absolute Gasteiger partial charge is 0.321 e. The highest BCUT2D eigenvalue weighted by molar-refractivity contribution is 5.90. The Hall–Kier alpha value is -3.42. The van der Waals surface area contributed by atoms with Crippen molar-refractivity contribution in [2.45, 2.75) is 26.7 Å². The van der Waals surface area contributed by atoms with Gasteiger partial charge in [0.25, 0.3) is 0 Å². The zero-order chi connectivity index (χ0) is 21.1. The fourth-order valence-corrected chi connectivity index (χ4v) is 3.34. The van der Waals surface area contributed by atoms with Gasteiger partial charge in [-0.3, -0.25) is 0 Å². The van der Waals surface area contributed by atoms with Crippen molar-refractivity contribution in [2.75, 3.05) is 36.4 Å². The zero-order valence-corrected chi connectivity index (χ0v) is 17.5. The normalized spacial score (nSPS) is 14.3. The highest BCUT2D eigenvalue weighted by atomic mass is 16.5. The number of nitrogens with one attached hydrogen (secondary N) is 1. The molecule has 0 atom stereocenters. The summed E-state index contributed by atoms with van der Waals surface area (Å²) in [4.78, 5) is 25.6. The summed E-state index contributed by atoms with van der Waals surface area (Å²) < 4.78 is 5.27. The topological polar surface area (TPSA) is 87.4 Å². The Balaban J connectivity index is 1.34. The number of hydrogen-bond acceptors (Lipinski definition) is 6. The molecule has 0 saturated carbocycles. The highest BCUT2D eigenvalue weighted by Gasteiger charge is 2.22. The number of urea groups is 1. The van der Waals surface area contributed by atoms with Gasteiger partial charge in [-0.05, 0) is 30.7 Å². The van der Waals surface area contributed by atoms with E-state index in [4.69, 9.17) is 4.52 Å². The van der Waals surface area contributed by atoms with Crippen molar-refractivity contribution in [1.29, 1.82) is 0 Å². The molecule has 1 aliphatic heterocycles. The maximum atomic E-state index is 12.6. The number of anilines is 2. The molecule has 156 valence electrons. The SMILES string of the molecule is Cc1ccccc1NC(=O)N1CCN(c2ccc(-c3noc(C(C)C)n3)cn2)CC1. The van der Waals surface area contributed by atoms with Gasteiger partial charge in [0, 0.05) is 49.5 Å². The minimum atomic E-state index is -0.0645. The van der Waals surface area contributed by atoms with E-state index in [9.17, 15) is 4.79 Å². The number of carbonyl (C=O) groups excluding carboxylic acids is 1. The Morgan fingerprint density at radius 1 is 1.10 bits per heavy atom. The monoisotopic (exact) mass is 406 g/mol. The van der Waals surface area contributed by atoms with E-state index in [1.807, 2.05) is 62.1 Å². The molecule has 8 heteroatoms. The number of hydrogen-bond donors (Lipinski definition) is 1. The number of rotatable bonds is 4. The Morgan fingerprint density at radius 3 is 2.50 bits per heavy atom. The molecule has 0 radical (unpaired) electrons. The maximum Gasteiger partial charge on any atom is 0.321 e. The molecule has 4 rings (SSSR count). The summed E-state index contributed by atoms with van der Waals surface area (Å²) in [6, 6.07) is 11.6. The van der Waals surface area contributed by atoms with Crippen LogP contribution in [0.1, 0.15) is 31.2 Å². The molecule has 30 heavy (non-hydrogen) atoms. The molecular formula is C22H26N6O2. The molecule has 1 aliphatic rings. The fourth-order valence-electron chi connectivity index (χ4n) is 3.34. The molecule has 0 spiro atoms. The highest BCUT2D eigenvalue weighted by Crippen LogP contribution is 2.22. The average Bonchev–Trinajstić information content (AvgIpc) is 3.26. The van der Waals surface area contributed by atoms with Crippen LogP contribution in [0.15, 0.2) is 47.1 Å². The molecule has 8 nitrogen and oxygen atoms in total. The first-order valence-electron chi connectivity index (χ1n) is 10.2. The quantitative estimate of drug-likeness (QED) is 0.707. The Bertz CT molecular complexity index is 1010. The lowest BCUT2D eigenvalue weighted by molar-refractivity contribution is 0.208. The van der Waals surface area contributed by atoms with Crippen molar-refractivity contribution in [3.05, 3.63) is 54.0 Å². The average molecular weight is 406 g/mol. The number of nitrogens with zero attached hydrogens (tertiary/aromatic N) is 5. The van der Waals surface area contributed by atoms with Gasteiger partial charge in [0.15, 0.2) is 0 Å². The van der Waals surface area contributed by atoms with E-state index in [1.54, 1.807) is 6.20 Å². The third-order valence-corrected chi connectivity index (χ3v) is 5.22. The van der Waals surface area contributed by atoms with Gasteiger partial charge in [-0.25, -0.2) is 9.78 Å². The molecule has 1 N–H and O–H groups in total. The Labute approximate surface area is 175 Å². The summed E-state index contributed by atoms with van der Waals surface area (Å²) in [6.07, 6.45) is 1.77. The molecule has 0 unspecified atom stereocenters. The van der Waals surface area contributed by atoms with Gasteiger partial charge in [0.05, 0.1) is 0 Å². The van der Waals surface area contributed by atoms with Crippen LogP contribution < -0.4 is 10.2 Å². The lowest BCUT2D eigenvalue weighted by Gasteiger charge is -2.35. The number of piperazine rings is 1. The molecule has 1 saturated heterocycles. The van der Waals surface area contributed by atoms with E-state index < -0.39 is 0 Å². The van der Waals surface area contributed by atoms with E-state index in [0.29, 0.717) is 24.8 Å². The van der Waals surface area contributed by atoms with Gasteiger partial charge in [0.1, 0.15) is 5.82 Å². The lowest BCUT2D eigenvalue weighted by atomic mass is 10.2. The van der Waals surface area contributed by atoms with Gasteiger partial charge in [-0.15, -0.1) is 0 Å². The third kappa shape index (κ3) is 4.27. The molecule has 1 aromatic carbocycles. The minimum Gasteiger partial charge on any atom is -0.353 e. The van der Waals surface area contributed by atoms with E-state index in [-0.39, 0.29) is 11.9 Å². The molecule has 2 aromatic heterocycles. The largest absolute Gasteiger partial charge is 0.353 e. The second-order valence-corrected chi connectivity index (χ2v) is 7.74. The van der Waals surface area contributed by atoms with Gasteiger partial charge >= 0.3 is 6.03 Å². The number of amides is 2. The van der Waals surface area contributed by atoms with Crippen LogP contribution in [-0.4, -0.2) is 52.2 Å². The first-order valence-corrected chi connectivity index (χ1v) is 10.2. The summed E-state index contributed by atoms with van der Waals surface area (Å²) >= 11 is 0. The molecule has 0 bridgehead atoms. The lowest BCUT2D eigenvalue weighted by Crippen LogP contribution is -2.50. The van der Waals surface area contributed by atoms with E-state index in [1.165, 1.54) is 0 Å². The molecule has 0 aliphatic carbocycles. The first-order chi connectivity index (χ1) is 14.5. The van der Waals surface area contributed by atoms with Crippen molar-refractivity contribution in [3.63, 3.8) is 0 Å². The third-order valence-electron chi connectivity index (χ3n) is 5.22. The number of aryl methyl sites for hydroxylation is 1. The van der Waals surface area contributed by atoms with Crippen molar-refractivity contribution >= 4 is 17.5 Å². The van der Waals surface area contributed by atoms with E-state index in [0.717, 1.165) is 35.7 Å². The van der Waals surface area contributed by atoms with Crippen LogP contribution in [0, 0.1) is 6.92 Å². The summed E-state index contributed by atoms with van der Waals surface area (Å²) in [5.41, 5.74) is 2.73. The van der Waals surface area contributed by atoms with Crippen molar-refractivity contribution in [1.82, 2.24) is 20.0 Å². The van der Waals surface area contributed by atoms with Crippen LogP contribution in [-0.2, 0) is 0 Å². The second-order valence-electron chi connectivity index (χ2n) is 7.74. The molecule has 2 amide bonds. The Morgan fingerprint density at radius 2 is 1.87 bits per heavy atom. The fraction of sp³-hybridized carbons (Fsp3) is 0.364. The number of carbonyl (C=O) groups is 1. The van der Waals surface area contributed by atoms with Crippen molar-refractivity contribution < 1.29 is 9.32 Å². The number of pyridine rings is 1. The molecule has 1 fully saturated rings. The van der Waals surface area contributed by atoms with Gasteiger partial charge in [-0.1, -0.05) is 37.2 Å². The van der Waals surface area contributed by atoms with Gasteiger partial charge < -0.3 is 19.6 Å². The summed E-state index contributed by atoms with van der Waals surface area (Å²) in [5.74, 6) is 2.24. The van der Waals surface area contributed by atoms with Crippen LogP contribution >= 0.6 is 0 Å². The maximum absolute atomic E-state index is 12.6. The molecule has 3 aromatic rings. The van der Waals surface area contributed by atoms with Crippen molar-refractivity contribution in [3.8, 4) is 11.4 Å². The molecular weight excluding hydrogens is 380 g/mol. The number of para-hydroxylation sites is 1. The zero-order valence-electron chi connectivity index (χ0n) is 17.5. The van der Waals surface area contributed by atoms with Crippen LogP contribution in [0.4, 0.5) is 16.3 Å². The van der Waals surface area contributed by atoms with Gasteiger partial charge in [0.2, 0.25) is 11.7 Å². The summed E-state index contributed by atoms with van der Waals surface area (Å²) in [6.45, 7) is 8.76. The standard InChI is InChI=1S/C22H26N6O2/c1-15(2)21-25-20(26-30-21)17-8-9-19(23-14-17)27-10-12-28(13-11-27)22(29)24-18-7-5-4-6-16(18)3/h4-9,14-15H,10-13H2,1-3H3,(H,24,29). The number of aromatic nitrogens is 3. The van der Waals surface area contributed by atoms with Crippen LogP contribution in [0.3, 0.4) is 0 Å². The second kappa shape index (κ2) is 8.52. The van der Waals surface area contributed by atoms with Crippen LogP contribution in [0.25, 0.3) is 11.4 Å². The Kier molecular flexibility index (Phi) is 5.65. The minimum absolute atomic E-state index is 0.0645. The summed E-state index contributed by atoms with van der Waals surface area (Å²) in [5, 5.41) is 7.03. The number of benzene rings is 1. The van der Waals surface area contributed by atoms with Gasteiger partial charge in [-0.2, -0.15) is 4.98 Å². The predicted molar refractivity (Wildman–Crippen MR) is 116 cm³/mol.